The lowest BCUT2D eigenvalue weighted by Gasteiger charge is -2.25. The molecule has 0 fully saturated rings. The molecule has 0 aliphatic rings. The second-order valence-electron chi connectivity index (χ2n) is 5.01. The van der Waals surface area contributed by atoms with E-state index in [0.29, 0.717) is 6.54 Å². The monoisotopic (exact) mass is 292 g/mol. The first-order valence-corrected chi connectivity index (χ1v) is 6.85. The first-order valence-electron chi connectivity index (χ1n) is 6.47. The Balaban J connectivity index is 2.11. The van der Waals surface area contributed by atoms with Crippen LogP contribution in [0.5, 0.6) is 0 Å². The van der Waals surface area contributed by atoms with Gasteiger partial charge in [0.2, 0.25) is 0 Å². The summed E-state index contributed by atoms with van der Waals surface area (Å²) < 4.78 is 13.4. The number of nitrogens with two attached hydrogens (primary N) is 1. The summed E-state index contributed by atoms with van der Waals surface area (Å²) in [4.78, 5) is 2.14. The van der Waals surface area contributed by atoms with Gasteiger partial charge in [-0.1, -0.05) is 29.8 Å². The lowest BCUT2D eigenvalue weighted by atomic mass is 10.1. The molecule has 0 aliphatic heterocycles. The van der Waals surface area contributed by atoms with E-state index in [-0.39, 0.29) is 16.9 Å². The summed E-state index contributed by atoms with van der Waals surface area (Å²) >= 11 is 5.69. The Labute approximate surface area is 124 Å². The molecule has 0 saturated heterocycles. The van der Waals surface area contributed by atoms with Crippen LogP contribution < -0.4 is 5.73 Å². The molecule has 2 aromatic rings. The van der Waals surface area contributed by atoms with Crippen molar-refractivity contribution in [3.63, 3.8) is 0 Å². The van der Waals surface area contributed by atoms with Gasteiger partial charge in [-0.3, -0.25) is 4.90 Å². The van der Waals surface area contributed by atoms with Crippen molar-refractivity contribution in [1.82, 2.24) is 4.90 Å². The Bertz CT molecular complexity index is 601. The lowest BCUT2D eigenvalue weighted by Crippen LogP contribution is -2.22. The summed E-state index contributed by atoms with van der Waals surface area (Å²) in [6.07, 6.45) is 0. The van der Waals surface area contributed by atoms with Gasteiger partial charge in [0.15, 0.2) is 0 Å². The zero-order valence-corrected chi connectivity index (χ0v) is 12.4. The van der Waals surface area contributed by atoms with Crippen LogP contribution >= 0.6 is 11.6 Å². The predicted molar refractivity (Wildman–Crippen MR) is 82.1 cm³/mol. The van der Waals surface area contributed by atoms with Gasteiger partial charge in [0.25, 0.3) is 0 Å². The summed E-state index contributed by atoms with van der Waals surface area (Å²) in [6, 6.07) is 12.9. The second kappa shape index (κ2) is 6.25. The summed E-state index contributed by atoms with van der Waals surface area (Å²) in [7, 11) is 2.00. The largest absolute Gasteiger partial charge is 0.399 e. The molecule has 1 unspecified atom stereocenters. The van der Waals surface area contributed by atoms with E-state index >= 15 is 0 Å². The first kappa shape index (κ1) is 14.8. The highest BCUT2D eigenvalue weighted by molar-refractivity contribution is 6.30. The van der Waals surface area contributed by atoms with E-state index in [0.717, 1.165) is 16.8 Å². The van der Waals surface area contributed by atoms with Gasteiger partial charge in [-0.25, -0.2) is 4.39 Å². The third-order valence-electron chi connectivity index (χ3n) is 3.47. The quantitative estimate of drug-likeness (QED) is 0.854. The molecule has 0 amide bonds. The van der Waals surface area contributed by atoms with Gasteiger partial charge < -0.3 is 5.73 Å². The van der Waals surface area contributed by atoms with E-state index in [1.807, 2.05) is 37.4 Å². The van der Waals surface area contributed by atoms with Crippen LogP contribution in [0.25, 0.3) is 0 Å². The zero-order valence-electron chi connectivity index (χ0n) is 11.6. The number of halogens is 2. The highest BCUT2D eigenvalue weighted by Crippen LogP contribution is 2.23. The number of benzene rings is 2. The van der Waals surface area contributed by atoms with Crippen LogP contribution in [-0.4, -0.2) is 11.9 Å². The van der Waals surface area contributed by atoms with Crippen molar-refractivity contribution in [2.75, 3.05) is 12.8 Å². The van der Waals surface area contributed by atoms with Gasteiger partial charge >= 0.3 is 0 Å². The molecule has 0 saturated carbocycles. The second-order valence-corrected chi connectivity index (χ2v) is 5.42. The molecule has 0 aliphatic carbocycles. The highest BCUT2D eigenvalue weighted by Gasteiger charge is 2.13. The molecule has 2 rings (SSSR count). The number of anilines is 1. The van der Waals surface area contributed by atoms with E-state index in [1.165, 1.54) is 6.07 Å². The minimum absolute atomic E-state index is 0.153. The molecule has 2 aromatic carbocycles. The number of hydrogen-bond donors (Lipinski definition) is 1. The van der Waals surface area contributed by atoms with Crippen LogP contribution in [0.1, 0.15) is 24.1 Å². The standard InChI is InChI=1S/C16H18ClFN2/c1-11(13-4-3-5-14(19)9-13)20(2)10-12-6-7-15(17)16(18)8-12/h3-9,11H,10,19H2,1-2H3. The van der Waals surface area contributed by atoms with Crippen molar-refractivity contribution in [2.24, 2.45) is 0 Å². The fraction of sp³-hybridized carbons (Fsp3) is 0.250. The van der Waals surface area contributed by atoms with E-state index in [9.17, 15) is 4.39 Å². The number of nitrogens with zero attached hydrogens (tertiary/aromatic N) is 1. The van der Waals surface area contributed by atoms with Gasteiger partial charge in [0.1, 0.15) is 5.82 Å². The highest BCUT2D eigenvalue weighted by atomic mass is 35.5. The molecule has 0 spiro atoms. The van der Waals surface area contributed by atoms with Crippen molar-refractivity contribution < 1.29 is 4.39 Å². The van der Waals surface area contributed by atoms with Crippen molar-refractivity contribution in [3.8, 4) is 0 Å². The maximum Gasteiger partial charge on any atom is 0.142 e. The number of hydrogen-bond acceptors (Lipinski definition) is 2. The third kappa shape index (κ3) is 3.50. The minimum Gasteiger partial charge on any atom is -0.399 e. The first-order chi connectivity index (χ1) is 9.47. The number of nitrogen functional groups attached to an aromatic ring is 1. The van der Waals surface area contributed by atoms with E-state index in [2.05, 4.69) is 11.8 Å². The Morgan fingerprint density at radius 1 is 1.25 bits per heavy atom. The maximum absolute atomic E-state index is 13.4. The van der Waals surface area contributed by atoms with Crippen molar-refractivity contribution >= 4 is 17.3 Å². The molecule has 0 radical (unpaired) electrons. The Kier molecular flexibility index (Phi) is 4.63. The molecule has 20 heavy (non-hydrogen) atoms. The maximum atomic E-state index is 13.4. The third-order valence-corrected chi connectivity index (χ3v) is 3.78. The minimum atomic E-state index is -0.380. The lowest BCUT2D eigenvalue weighted by molar-refractivity contribution is 0.253. The Morgan fingerprint density at radius 2 is 2.00 bits per heavy atom. The Morgan fingerprint density at radius 3 is 2.65 bits per heavy atom. The van der Waals surface area contributed by atoms with Gasteiger partial charge in [-0.05, 0) is 49.4 Å². The van der Waals surface area contributed by atoms with Crippen molar-refractivity contribution in [3.05, 3.63) is 64.4 Å². The molecule has 0 bridgehead atoms. The van der Waals surface area contributed by atoms with Crippen molar-refractivity contribution in [2.45, 2.75) is 19.5 Å². The molecule has 0 heterocycles. The van der Waals surface area contributed by atoms with E-state index in [1.54, 1.807) is 6.07 Å². The topological polar surface area (TPSA) is 29.3 Å². The zero-order chi connectivity index (χ0) is 14.7. The molecule has 106 valence electrons. The SMILES string of the molecule is CC(c1cccc(N)c1)N(C)Cc1ccc(Cl)c(F)c1. The van der Waals surface area contributed by atoms with Crippen LogP contribution in [-0.2, 0) is 6.54 Å². The predicted octanol–water partition coefficient (Wildman–Crippen LogP) is 4.25. The van der Waals surface area contributed by atoms with Gasteiger partial charge in [-0.2, -0.15) is 0 Å². The van der Waals surface area contributed by atoms with Gasteiger partial charge in [0, 0.05) is 18.3 Å². The van der Waals surface area contributed by atoms with Gasteiger partial charge in [0.05, 0.1) is 5.02 Å². The van der Waals surface area contributed by atoms with Crippen LogP contribution in [0.2, 0.25) is 5.02 Å². The number of rotatable bonds is 4. The van der Waals surface area contributed by atoms with Crippen LogP contribution in [0.4, 0.5) is 10.1 Å². The van der Waals surface area contributed by atoms with Crippen LogP contribution in [0.15, 0.2) is 42.5 Å². The van der Waals surface area contributed by atoms with Gasteiger partial charge in [-0.15, -0.1) is 0 Å². The van der Waals surface area contributed by atoms with Crippen molar-refractivity contribution in [1.29, 1.82) is 0 Å². The summed E-state index contributed by atoms with van der Waals surface area (Å²) in [5.74, 6) is -0.380. The molecule has 2 N–H and O–H groups in total. The average molecular weight is 293 g/mol. The van der Waals surface area contributed by atoms with Crippen LogP contribution in [0, 0.1) is 5.82 Å². The molecule has 0 aromatic heterocycles. The van der Waals surface area contributed by atoms with E-state index < -0.39 is 0 Å². The summed E-state index contributed by atoms with van der Waals surface area (Å²) in [5, 5.41) is 0.153. The Hall–Kier alpha value is -1.58. The normalized spacial score (nSPS) is 12.7. The summed E-state index contributed by atoms with van der Waals surface area (Å²) in [6.45, 7) is 2.74. The molecule has 4 heteroatoms. The fourth-order valence-electron chi connectivity index (χ4n) is 2.14. The smallest absolute Gasteiger partial charge is 0.142 e. The summed E-state index contributed by atoms with van der Waals surface area (Å²) in [5.41, 5.74) is 8.59. The average Bonchev–Trinajstić information content (AvgIpc) is 2.42. The molecule has 1 atom stereocenters. The fourth-order valence-corrected chi connectivity index (χ4v) is 2.25. The molecule has 2 nitrogen and oxygen atoms in total. The van der Waals surface area contributed by atoms with E-state index in [4.69, 9.17) is 17.3 Å². The molecular formula is C16H18ClFN2. The molecular weight excluding hydrogens is 275 g/mol. The van der Waals surface area contributed by atoms with Crippen LogP contribution in [0.3, 0.4) is 0 Å².